The first kappa shape index (κ1) is 44.3. The van der Waals surface area contributed by atoms with E-state index in [1.54, 1.807) is 0 Å². The van der Waals surface area contributed by atoms with Crippen LogP contribution in [0.1, 0.15) is 67.4 Å². The molecule has 1 aromatic carbocycles. The molecular weight excluding hydrogens is 688 g/mol. The van der Waals surface area contributed by atoms with Gasteiger partial charge in [0, 0.05) is 20.2 Å². The fraction of sp³-hybridized carbons (Fsp3) is 0.514. The van der Waals surface area contributed by atoms with Crippen LogP contribution in [-0.4, -0.2) is 111 Å². The third-order valence-corrected chi connectivity index (χ3v) is 8.60. The van der Waals surface area contributed by atoms with Gasteiger partial charge in [0.1, 0.15) is 18.3 Å². The Labute approximate surface area is 312 Å². The summed E-state index contributed by atoms with van der Waals surface area (Å²) in [5.41, 5.74) is 13.4. The van der Waals surface area contributed by atoms with Gasteiger partial charge in [-0.2, -0.15) is 0 Å². The summed E-state index contributed by atoms with van der Waals surface area (Å²) in [4.78, 5) is 22.1. The summed E-state index contributed by atoms with van der Waals surface area (Å²) in [6, 6.07) is 10.2. The van der Waals surface area contributed by atoms with E-state index in [1.165, 1.54) is 18.2 Å². The zero-order valence-corrected chi connectivity index (χ0v) is 30.8. The number of carbonyl (C=O) groups is 1. The van der Waals surface area contributed by atoms with Crippen molar-refractivity contribution in [3.05, 3.63) is 83.2 Å². The topological polar surface area (TPSA) is 236 Å². The molecule has 14 nitrogen and oxygen atoms in total. The Hall–Kier alpha value is -3.89. The molecule has 0 spiro atoms. The number of nitrogens with zero attached hydrogens (tertiary/aromatic N) is 3. The van der Waals surface area contributed by atoms with Crippen LogP contribution in [0.2, 0.25) is 5.15 Å². The minimum Gasteiger partial charge on any atom is -0.394 e. The van der Waals surface area contributed by atoms with Crippen molar-refractivity contribution in [2.24, 2.45) is 0 Å². The number of unbranched alkanes of at least 4 members (excludes halogenated alkanes) is 3. The predicted molar refractivity (Wildman–Crippen MR) is 206 cm³/mol. The first-order valence-electron chi connectivity index (χ1n) is 17.6. The molecule has 0 aliphatic heterocycles. The van der Waals surface area contributed by atoms with Crippen LogP contribution >= 0.6 is 11.6 Å². The van der Waals surface area contributed by atoms with Gasteiger partial charge >= 0.3 is 0 Å². The Morgan fingerprint density at radius 1 is 1.06 bits per heavy atom. The Bertz CT molecular complexity index is 1430. The average Bonchev–Trinajstić information content (AvgIpc) is 3.13. The zero-order chi connectivity index (χ0) is 38.3. The lowest BCUT2D eigenvalue weighted by Gasteiger charge is -2.32. The van der Waals surface area contributed by atoms with Crippen LogP contribution in [0.4, 0.5) is 11.6 Å². The number of nitrogen functional groups attached to an aromatic ring is 2. The van der Waals surface area contributed by atoms with Crippen molar-refractivity contribution in [1.29, 1.82) is 5.41 Å². The van der Waals surface area contributed by atoms with Gasteiger partial charge in [0.2, 0.25) is 0 Å². The number of nitrogens with two attached hydrogens (primary N) is 2. The Morgan fingerprint density at radius 3 is 2.48 bits per heavy atom. The molecule has 0 saturated carbocycles. The highest BCUT2D eigenvalue weighted by Crippen LogP contribution is 2.18. The van der Waals surface area contributed by atoms with Gasteiger partial charge in [-0.15, -0.1) is 6.58 Å². The number of aliphatic hydroxyl groups excluding tert-OH is 4. The molecule has 0 aliphatic rings. The van der Waals surface area contributed by atoms with Crippen molar-refractivity contribution in [2.75, 3.05) is 51.4 Å². The molecular formula is C37H57ClN8O6. The molecule has 2 aromatic rings. The van der Waals surface area contributed by atoms with E-state index in [4.69, 9.17) is 33.2 Å². The van der Waals surface area contributed by atoms with E-state index < -0.39 is 36.9 Å². The Balaban J connectivity index is 1.82. The Kier molecular flexibility index (Phi) is 21.4. The lowest BCUT2D eigenvalue weighted by atomic mass is 10.0. The van der Waals surface area contributed by atoms with Crippen molar-refractivity contribution in [1.82, 2.24) is 25.5 Å². The van der Waals surface area contributed by atoms with Crippen LogP contribution in [0, 0.1) is 5.41 Å². The summed E-state index contributed by atoms with van der Waals surface area (Å²) < 4.78 is 5.18. The largest absolute Gasteiger partial charge is 0.394 e. The van der Waals surface area contributed by atoms with Crippen molar-refractivity contribution in [2.45, 2.75) is 82.2 Å². The minimum absolute atomic E-state index is 0.0820. The second-order valence-electron chi connectivity index (χ2n) is 12.4. The number of anilines is 2. The number of carbonyl (C=O) groups excluding carboxylic acids is 1. The lowest BCUT2D eigenvalue weighted by Crippen LogP contribution is -2.50. The molecule has 0 saturated heterocycles. The highest BCUT2D eigenvalue weighted by Gasteiger charge is 2.32. The van der Waals surface area contributed by atoms with E-state index in [1.807, 2.05) is 24.3 Å². The molecule has 1 aromatic heterocycles. The quantitative estimate of drug-likeness (QED) is 0.0235. The summed E-state index contributed by atoms with van der Waals surface area (Å²) in [5.74, 6) is -1.15. The second-order valence-corrected chi connectivity index (χ2v) is 12.8. The second kappa shape index (κ2) is 25.1. The number of aromatic nitrogens is 2. The van der Waals surface area contributed by atoms with Gasteiger partial charge in [-0.25, -0.2) is 9.97 Å². The maximum Gasteiger partial charge on any atom is 0.280 e. The normalized spacial score (nSPS) is 14.2. The van der Waals surface area contributed by atoms with Crippen LogP contribution in [0.15, 0.2) is 66.8 Å². The molecule has 0 aliphatic carbocycles. The van der Waals surface area contributed by atoms with Gasteiger partial charge < -0.3 is 46.8 Å². The molecule has 288 valence electrons. The molecule has 15 heteroatoms. The van der Waals surface area contributed by atoms with Crippen LogP contribution in [0.25, 0.3) is 0 Å². The summed E-state index contributed by atoms with van der Waals surface area (Å²) in [5, 5.41) is 54.0. The van der Waals surface area contributed by atoms with E-state index in [-0.39, 0.29) is 35.0 Å². The number of amides is 1. The number of methoxy groups -OCH3 is 1. The maximum atomic E-state index is 12.4. The number of ether oxygens (including phenoxy) is 1. The third kappa shape index (κ3) is 16.6. The Morgan fingerprint density at radius 2 is 1.79 bits per heavy atom. The molecule has 0 fully saturated rings. The molecule has 2 rings (SSSR count). The number of hydrogen-bond donors (Lipinski definition) is 9. The fourth-order valence-corrected chi connectivity index (χ4v) is 5.62. The molecule has 4 atom stereocenters. The minimum atomic E-state index is -1.37. The van der Waals surface area contributed by atoms with Gasteiger partial charge in [0.15, 0.2) is 28.4 Å². The van der Waals surface area contributed by atoms with Gasteiger partial charge in [-0.1, -0.05) is 78.2 Å². The first-order chi connectivity index (χ1) is 25.0. The number of hydrogen-bond acceptors (Lipinski definition) is 12. The zero-order valence-electron chi connectivity index (χ0n) is 30.1. The monoisotopic (exact) mass is 744 g/mol. The summed E-state index contributed by atoms with van der Waals surface area (Å²) in [6.45, 7) is 5.35. The van der Waals surface area contributed by atoms with E-state index in [2.05, 4.69) is 62.4 Å². The molecule has 1 heterocycles. The molecule has 11 N–H and O–H groups in total. The van der Waals surface area contributed by atoms with Crippen LogP contribution < -0.4 is 22.1 Å². The van der Waals surface area contributed by atoms with Crippen molar-refractivity contribution < 1.29 is 30.0 Å². The summed E-state index contributed by atoms with van der Waals surface area (Å²) in [7, 11) is 1.33. The van der Waals surface area contributed by atoms with E-state index in [0.717, 1.165) is 57.8 Å². The van der Waals surface area contributed by atoms with Gasteiger partial charge in [0.25, 0.3) is 5.91 Å². The number of benzene rings is 1. The highest BCUT2D eigenvalue weighted by molar-refractivity contribution is 6.31. The maximum absolute atomic E-state index is 12.4. The summed E-state index contributed by atoms with van der Waals surface area (Å²) in [6.07, 6.45) is 11.0. The van der Waals surface area contributed by atoms with Crippen LogP contribution in [0.5, 0.6) is 0 Å². The van der Waals surface area contributed by atoms with Gasteiger partial charge in [0.05, 0.1) is 12.7 Å². The SMILES string of the molecule is C=CC/C=C(\C=C/CCCCCNC(=N)NC(=O)c1nc(Cl)c(N)nc1N)CCCN(CCCc1ccccc1)CC(O)C(O)C(OC)C(O)CO. The molecule has 0 radical (unpaired) electrons. The number of aryl methyl sites for hydroxylation is 1. The van der Waals surface area contributed by atoms with Crippen LogP contribution in [0.3, 0.4) is 0 Å². The number of guanidine groups is 1. The number of aliphatic hydroxyl groups is 4. The number of halogens is 1. The lowest BCUT2D eigenvalue weighted by molar-refractivity contribution is -0.133. The van der Waals surface area contributed by atoms with Crippen molar-refractivity contribution in [3.8, 4) is 0 Å². The number of allylic oxidation sites excluding steroid dienone is 5. The van der Waals surface area contributed by atoms with Crippen LogP contribution in [-0.2, 0) is 11.2 Å². The first-order valence-corrected chi connectivity index (χ1v) is 18.0. The predicted octanol–water partition coefficient (Wildman–Crippen LogP) is 2.97. The number of rotatable bonds is 25. The highest BCUT2D eigenvalue weighted by atomic mass is 35.5. The van der Waals surface area contributed by atoms with Gasteiger partial charge in [-0.3, -0.25) is 15.5 Å². The molecule has 4 unspecified atom stereocenters. The smallest absolute Gasteiger partial charge is 0.280 e. The van der Waals surface area contributed by atoms with E-state index >= 15 is 0 Å². The van der Waals surface area contributed by atoms with E-state index in [9.17, 15) is 25.2 Å². The third-order valence-electron chi connectivity index (χ3n) is 8.32. The van der Waals surface area contributed by atoms with Gasteiger partial charge in [-0.05, 0) is 70.0 Å². The molecule has 52 heavy (non-hydrogen) atoms. The number of nitrogens with one attached hydrogen (secondary N) is 3. The average molecular weight is 745 g/mol. The summed E-state index contributed by atoms with van der Waals surface area (Å²) >= 11 is 5.83. The molecule has 1 amide bonds. The molecule has 0 bridgehead atoms. The van der Waals surface area contributed by atoms with Crippen molar-refractivity contribution >= 4 is 35.1 Å². The standard InChI is InChI=1S/C37H57ClN8O6/c1-3-4-15-26(16-9-6-5-7-12-21-42-37(41)45-36(51)30-34(39)44-35(40)33(38)43-30)19-13-22-46(23-14-20-27-17-10-8-11-18-27)24-28(48)31(50)32(52-2)29(49)25-47/h3,8-11,15-18,28-29,31-32,47-50H,1,4-7,12-14,19-25H2,2H3,(H4,39,40,44)(H3,41,42,45,51)/b16-9-,26-15+. The van der Waals surface area contributed by atoms with E-state index in [0.29, 0.717) is 19.6 Å². The fourth-order valence-electron chi connectivity index (χ4n) is 5.50. The van der Waals surface area contributed by atoms with Crippen molar-refractivity contribution in [3.63, 3.8) is 0 Å².